The molecule has 3 rings (SSSR count). The normalized spacial score (nSPS) is 14.7. The van der Waals surface area contributed by atoms with Crippen LogP contribution in [0.25, 0.3) is 16.8 Å². The van der Waals surface area contributed by atoms with Gasteiger partial charge in [0.1, 0.15) is 6.61 Å². The Bertz CT molecular complexity index is 653. The monoisotopic (exact) mass is 280 g/mol. The molecule has 0 amide bonds. The quantitative estimate of drug-likeness (QED) is 0.724. The number of benzene rings is 2. The summed E-state index contributed by atoms with van der Waals surface area (Å²) in [6.45, 7) is 0.357. The number of carbonyl (C=O) groups is 1. The summed E-state index contributed by atoms with van der Waals surface area (Å²) in [6.07, 6.45) is 8.03. The molecule has 2 aromatic rings. The molecule has 21 heavy (non-hydrogen) atoms. The lowest BCUT2D eigenvalue weighted by Gasteiger charge is -2.01. The highest BCUT2D eigenvalue weighted by Gasteiger charge is 2.21. The molecular weight excluding hydrogens is 260 g/mol. The number of hydrogen-bond acceptors (Lipinski definition) is 2. The Balaban J connectivity index is 1.48. The van der Waals surface area contributed by atoms with Gasteiger partial charge < -0.3 is 4.74 Å². The molecule has 1 fully saturated rings. The Hall–Kier alpha value is -2.09. The van der Waals surface area contributed by atoms with Crippen LogP contribution in [-0.4, -0.2) is 12.6 Å². The number of esters is 1. The first-order chi connectivity index (χ1) is 10.3. The van der Waals surface area contributed by atoms with E-state index >= 15 is 0 Å². The standard InChI is InChI=1S/C19H20O2/c20-19(12-10-15-7-8-15)21-13-3-4-16-9-11-17-5-1-2-6-18(17)14-16/h1-6,9,11,14-15H,7-8,10,12-13H2/b4-3+. The zero-order valence-corrected chi connectivity index (χ0v) is 12.1. The van der Waals surface area contributed by atoms with Crippen LogP contribution < -0.4 is 0 Å². The second kappa shape index (κ2) is 6.57. The highest BCUT2D eigenvalue weighted by molar-refractivity contribution is 5.84. The Kier molecular flexibility index (Phi) is 4.34. The first-order valence-corrected chi connectivity index (χ1v) is 7.62. The van der Waals surface area contributed by atoms with Crippen LogP contribution in [0.3, 0.4) is 0 Å². The third kappa shape index (κ3) is 4.19. The van der Waals surface area contributed by atoms with Crippen molar-refractivity contribution in [1.29, 1.82) is 0 Å². The highest BCUT2D eigenvalue weighted by Crippen LogP contribution is 2.33. The van der Waals surface area contributed by atoms with Crippen molar-refractivity contribution in [2.24, 2.45) is 5.92 Å². The van der Waals surface area contributed by atoms with Crippen molar-refractivity contribution in [1.82, 2.24) is 0 Å². The molecule has 0 unspecified atom stereocenters. The Morgan fingerprint density at radius 3 is 2.76 bits per heavy atom. The van der Waals surface area contributed by atoms with Gasteiger partial charge in [-0.3, -0.25) is 4.79 Å². The molecule has 0 bridgehead atoms. The lowest BCUT2D eigenvalue weighted by molar-refractivity contribution is -0.142. The zero-order valence-electron chi connectivity index (χ0n) is 12.1. The summed E-state index contributed by atoms with van der Waals surface area (Å²) >= 11 is 0. The van der Waals surface area contributed by atoms with Crippen LogP contribution in [0.4, 0.5) is 0 Å². The smallest absolute Gasteiger partial charge is 0.306 e. The molecule has 1 saturated carbocycles. The van der Waals surface area contributed by atoms with Crippen molar-refractivity contribution in [3.05, 3.63) is 54.1 Å². The van der Waals surface area contributed by atoms with E-state index in [1.807, 2.05) is 24.3 Å². The van der Waals surface area contributed by atoms with E-state index in [4.69, 9.17) is 4.74 Å². The van der Waals surface area contributed by atoms with E-state index in [2.05, 4.69) is 30.3 Å². The van der Waals surface area contributed by atoms with Gasteiger partial charge in [0.05, 0.1) is 0 Å². The molecule has 0 spiro atoms. The van der Waals surface area contributed by atoms with Gasteiger partial charge in [-0.2, -0.15) is 0 Å². The lowest BCUT2D eigenvalue weighted by Crippen LogP contribution is -2.04. The average Bonchev–Trinajstić information content (AvgIpc) is 3.34. The minimum absolute atomic E-state index is 0.0786. The minimum Gasteiger partial charge on any atom is -0.461 e. The maximum atomic E-state index is 11.5. The van der Waals surface area contributed by atoms with E-state index < -0.39 is 0 Å². The van der Waals surface area contributed by atoms with E-state index in [1.165, 1.54) is 23.6 Å². The van der Waals surface area contributed by atoms with Gasteiger partial charge in [-0.1, -0.05) is 55.3 Å². The predicted octanol–water partition coefficient (Wildman–Crippen LogP) is 4.59. The summed E-state index contributed by atoms with van der Waals surface area (Å²) < 4.78 is 5.20. The number of hydrogen-bond donors (Lipinski definition) is 0. The van der Waals surface area contributed by atoms with Gasteiger partial charge in [0.25, 0.3) is 0 Å². The summed E-state index contributed by atoms with van der Waals surface area (Å²) in [7, 11) is 0. The number of fused-ring (bicyclic) bond motifs is 1. The summed E-state index contributed by atoms with van der Waals surface area (Å²) in [5, 5.41) is 2.46. The molecule has 2 heteroatoms. The van der Waals surface area contributed by atoms with Crippen LogP contribution in [0, 0.1) is 5.92 Å². The van der Waals surface area contributed by atoms with Crippen molar-refractivity contribution < 1.29 is 9.53 Å². The SMILES string of the molecule is O=C(CCC1CC1)OC/C=C/c1ccc2ccccc2c1. The molecule has 108 valence electrons. The second-order valence-corrected chi connectivity index (χ2v) is 5.67. The number of carbonyl (C=O) groups excluding carboxylic acids is 1. The van der Waals surface area contributed by atoms with Crippen molar-refractivity contribution in [2.75, 3.05) is 6.61 Å². The van der Waals surface area contributed by atoms with Crippen molar-refractivity contribution in [3.8, 4) is 0 Å². The van der Waals surface area contributed by atoms with Gasteiger partial charge in [-0.05, 0) is 40.8 Å². The van der Waals surface area contributed by atoms with Crippen LogP contribution in [0.1, 0.15) is 31.2 Å². The molecule has 0 aromatic heterocycles. The minimum atomic E-state index is -0.0786. The van der Waals surface area contributed by atoms with Crippen LogP contribution in [0.15, 0.2) is 48.5 Å². The summed E-state index contributed by atoms with van der Waals surface area (Å²) in [6, 6.07) is 14.6. The highest BCUT2D eigenvalue weighted by atomic mass is 16.5. The van der Waals surface area contributed by atoms with Gasteiger partial charge in [-0.25, -0.2) is 0 Å². The van der Waals surface area contributed by atoms with Crippen molar-refractivity contribution in [3.63, 3.8) is 0 Å². The Morgan fingerprint density at radius 1 is 1.14 bits per heavy atom. The molecule has 0 atom stereocenters. The molecule has 1 aliphatic rings. The van der Waals surface area contributed by atoms with Gasteiger partial charge in [0.2, 0.25) is 0 Å². The van der Waals surface area contributed by atoms with Crippen molar-refractivity contribution in [2.45, 2.75) is 25.7 Å². The van der Waals surface area contributed by atoms with Crippen LogP contribution >= 0.6 is 0 Å². The Morgan fingerprint density at radius 2 is 1.95 bits per heavy atom. The largest absolute Gasteiger partial charge is 0.461 e. The molecule has 0 N–H and O–H groups in total. The van der Waals surface area contributed by atoms with Gasteiger partial charge in [0, 0.05) is 6.42 Å². The van der Waals surface area contributed by atoms with E-state index in [-0.39, 0.29) is 5.97 Å². The fourth-order valence-electron chi connectivity index (χ4n) is 2.44. The fraction of sp³-hybridized carbons (Fsp3) is 0.316. The average molecular weight is 280 g/mol. The third-order valence-electron chi connectivity index (χ3n) is 3.88. The summed E-state index contributed by atoms with van der Waals surface area (Å²) in [5.41, 5.74) is 1.13. The van der Waals surface area contributed by atoms with Gasteiger partial charge in [-0.15, -0.1) is 0 Å². The van der Waals surface area contributed by atoms with Crippen LogP contribution in [-0.2, 0) is 9.53 Å². The van der Waals surface area contributed by atoms with E-state index in [0.29, 0.717) is 13.0 Å². The van der Waals surface area contributed by atoms with Crippen LogP contribution in [0.5, 0.6) is 0 Å². The first kappa shape index (κ1) is 13.9. The maximum Gasteiger partial charge on any atom is 0.306 e. The molecule has 2 nitrogen and oxygen atoms in total. The first-order valence-electron chi connectivity index (χ1n) is 7.62. The van der Waals surface area contributed by atoms with Crippen molar-refractivity contribution >= 4 is 22.8 Å². The van der Waals surface area contributed by atoms with Gasteiger partial charge in [0.15, 0.2) is 0 Å². The topological polar surface area (TPSA) is 26.3 Å². The molecule has 0 aliphatic heterocycles. The molecule has 2 aromatic carbocycles. The van der Waals surface area contributed by atoms with Crippen LogP contribution in [0.2, 0.25) is 0 Å². The molecule has 0 heterocycles. The summed E-state index contributed by atoms with van der Waals surface area (Å²) in [5.74, 6) is 0.704. The van der Waals surface area contributed by atoms with E-state index in [9.17, 15) is 4.79 Å². The molecular formula is C19H20O2. The van der Waals surface area contributed by atoms with E-state index in [1.54, 1.807) is 0 Å². The lowest BCUT2D eigenvalue weighted by atomic mass is 10.1. The number of rotatable bonds is 6. The third-order valence-corrected chi connectivity index (χ3v) is 3.88. The van der Waals surface area contributed by atoms with E-state index in [0.717, 1.165) is 17.9 Å². The molecule has 0 radical (unpaired) electrons. The summed E-state index contributed by atoms with van der Waals surface area (Å²) in [4.78, 5) is 11.5. The Labute approximate surface area is 125 Å². The predicted molar refractivity (Wildman–Crippen MR) is 85.9 cm³/mol. The molecule has 0 saturated heterocycles. The van der Waals surface area contributed by atoms with Gasteiger partial charge >= 0.3 is 5.97 Å². The fourth-order valence-corrected chi connectivity index (χ4v) is 2.44. The zero-order chi connectivity index (χ0) is 14.5. The number of ether oxygens (including phenoxy) is 1. The maximum absolute atomic E-state index is 11.5. The molecule has 1 aliphatic carbocycles. The second-order valence-electron chi connectivity index (χ2n) is 5.67.